The van der Waals surface area contributed by atoms with E-state index in [2.05, 4.69) is 0 Å². The van der Waals surface area contributed by atoms with Crippen molar-refractivity contribution < 1.29 is 24.2 Å². The molecule has 2 rings (SSSR count). The number of hydrogen-bond acceptors (Lipinski definition) is 5. The first-order valence-electron chi connectivity index (χ1n) is 9.58. The maximum absolute atomic E-state index is 12.7. The van der Waals surface area contributed by atoms with Gasteiger partial charge in [0.05, 0.1) is 6.04 Å². The highest BCUT2D eigenvalue weighted by atomic mass is 16.6. The summed E-state index contributed by atoms with van der Waals surface area (Å²) in [6.45, 7) is 11.5. The number of amides is 2. The average Bonchev–Trinajstić information content (AvgIpc) is 2.58. The van der Waals surface area contributed by atoms with Gasteiger partial charge in [0.1, 0.15) is 17.3 Å². The third-order valence-electron chi connectivity index (χ3n) is 4.20. The number of benzene rings is 1. The van der Waals surface area contributed by atoms with Crippen molar-refractivity contribution in [2.45, 2.75) is 64.9 Å². The first kappa shape index (κ1) is 22.0. The van der Waals surface area contributed by atoms with Gasteiger partial charge in [-0.3, -0.25) is 4.90 Å². The minimum Gasteiger partial charge on any atom is -0.444 e. The number of carbonyl (C=O) groups is 2. The highest BCUT2D eigenvalue weighted by Crippen LogP contribution is 2.27. The Morgan fingerprint density at radius 1 is 0.964 bits per heavy atom. The molecule has 1 aromatic rings. The first-order valence-corrected chi connectivity index (χ1v) is 9.58. The van der Waals surface area contributed by atoms with E-state index in [1.165, 1.54) is 9.80 Å². The molecule has 156 valence electrons. The van der Waals surface area contributed by atoms with Gasteiger partial charge in [-0.15, -0.1) is 0 Å². The highest BCUT2D eigenvalue weighted by Gasteiger charge is 2.40. The molecule has 7 nitrogen and oxygen atoms in total. The molecule has 0 saturated carbocycles. The van der Waals surface area contributed by atoms with Crippen LogP contribution in [0, 0.1) is 0 Å². The second-order valence-corrected chi connectivity index (χ2v) is 9.02. The van der Waals surface area contributed by atoms with Gasteiger partial charge < -0.3 is 19.5 Å². The minimum atomic E-state index is -0.959. The number of piperazine rings is 1. The number of aliphatic hydroxyl groups excluding tert-OH is 1. The van der Waals surface area contributed by atoms with Crippen molar-refractivity contribution in [1.29, 1.82) is 0 Å². The fraction of sp³-hybridized carbons (Fsp3) is 0.619. The first-order chi connectivity index (χ1) is 12.9. The Hall–Kier alpha value is -2.28. The van der Waals surface area contributed by atoms with E-state index in [1.807, 2.05) is 18.2 Å². The Labute approximate surface area is 167 Å². The van der Waals surface area contributed by atoms with Gasteiger partial charge in [0.15, 0.2) is 0 Å². The molecule has 0 spiro atoms. The van der Waals surface area contributed by atoms with Crippen molar-refractivity contribution in [2.24, 2.45) is 0 Å². The molecule has 1 fully saturated rings. The van der Waals surface area contributed by atoms with Crippen LogP contribution in [0.1, 0.15) is 53.2 Å². The molecule has 2 atom stereocenters. The molecule has 0 aliphatic carbocycles. The molecule has 2 amide bonds. The van der Waals surface area contributed by atoms with Crippen molar-refractivity contribution in [1.82, 2.24) is 9.80 Å². The van der Waals surface area contributed by atoms with Gasteiger partial charge in [-0.05, 0) is 47.1 Å². The third kappa shape index (κ3) is 6.12. The van der Waals surface area contributed by atoms with Crippen LogP contribution < -0.4 is 0 Å². The smallest absolute Gasteiger partial charge is 0.410 e. The monoisotopic (exact) mass is 392 g/mol. The van der Waals surface area contributed by atoms with E-state index < -0.39 is 35.5 Å². The molecule has 1 N–H and O–H groups in total. The second kappa shape index (κ2) is 8.39. The van der Waals surface area contributed by atoms with Gasteiger partial charge in [0.2, 0.25) is 0 Å². The molecule has 28 heavy (non-hydrogen) atoms. The van der Waals surface area contributed by atoms with E-state index in [0.29, 0.717) is 12.1 Å². The predicted molar refractivity (Wildman–Crippen MR) is 106 cm³/mol. The third-order valence-corrected chi connectivity index (χ3v) is 4.20. The lowest BCUT2D eigenvalue weighted by atomic mass is 9.99. The number of nitrogens with zero attached hydrogens (tertiary/aromatic N) is 2. The minimum absolute atomic E-state index is 0.157. The summed E-state index contributed by atoms with van der Waals surface area (Å²) in [5, 5.41) is 11.0. The zero-order valence-electron chi connectivity index (χ0n) is 17.6. The summed E-state index contributed by atoms with van der Waals surface area (Å²) in [5.41, 5.74) is -0.596. The van der Waals surface area contributed by atoms with Gasteiger partial charge >= 0.3 is 12.2 Å². The van der Waals surface area contributed by atoms with Gasteiger partial charge in [-0.1, -0.05) is 30.3 Å². The van der Waals surface area contributed by atoms with Crippen LogP contribution in [-0.4, -0.2) is 64.0 Å². The van der Waals surface area contributed by atoms with E-state index in [4.69, 9.17) is 9.47 Å². The zero-order chi connectivity index (χ0) is 21.1. The van der Waals surface area contributed by atoms with Crippen molar-refractivity contribution in [3.8, 4) is 0 Å². The average molecular weight is 392 g/mol. The number of rotatable bonds is 2. The molecule has 0 bridgehead atoms. The Bertz CT molecular complexity index is 678. The molecule has 1 aliphatic rings. The normalized spacial score (nSPS) is 19.2. The Kier molecular flexibility index (Phi) is 6.59. The quantitative estimate of drug-likeness (QED) is 0.832. The van der Waals surface area contributed by atoms with Crippen LogP contribution in [0.4, 0.5) is 9.59 Å². The van der Waals surface area contributed by atoms with E-state index in [9.17, 15) is 14.7 Å². The number of hydrogen-bond donors (Lipinski definition) is 1. The lowest BCUT2D eigenvalue weighted by Gasteiger charge is -2.43. The summed E-state index contributed by atoms with van der Waals surface area (Å²) in [6.07, 6.45) is -1.92. The fourth-order valence-electron chi connectivity index (χ4n) is 2.99. The van der Waals surface area contributed by atoms with Crippen molar-refractivity contribution >= 4 is 12.2 Å². The summed E-state index contributed by atoms with van der Waals surface area (Å²) >= 11 is 0. The van der Waals surface area contributed by atoms with Crippen LogP contribution in [0.15, 0.2) is 30.3 Å². The SMILES string of the molecule is CC(C)(C)OC(=O)N1CCN(C(=O)OC(C)(C)C)C(C(O)c2ccccc2)C1. The maximum atomic E-state index is 12.7. The summed E-state index contributed by atoms with van der Waals surface area (Å²) in [7, 11) is 0. The largest absolute Gasteiger partial charge is 0.444 e. The number of ether oxygens (including phenoxy) is 2. The van der Waals surface area contributed by atoms with Crippen LogP contribution in [-0.2, 0) is 9.47 Å². The van der Waals surface area contributed by atoms with Gasteiger partial charge in [0, 0.05) is 19.6 Å². The van der Waals surface area contributed by atoms with Crippen molar-refractivity contribution in [3.63, 3.8) is 0 Å². The molecule has 7 heteroatoms. The molecule has 1 saturated heterocycles. The van der Waals surface area contributed by atoms with Crippen LogP contribution in [0.5, 0.6) is 0 Å². The topological polar surface area (TPSA) is 79.3 Å². The van der Waals surface area contributed by atoms with Crippen LogP contribution >= 0.6 is 0 Å². The molecule has 1 aromatic carbocycles. The van der Waals surface area contributed by atoms with E-state index >= 15 is 0 Å². The summed E-state index contributed by atoms with van der Waals surface area (Å²) in [6, 6.07) is 8.46. The molecule has 0 radical (unpaired) electrons. The zero-order valence-corrected chi connectivity index (χ0v) is 17.6. The van der Waals surface area contributed by atoms with Crippen LogP contribution in [0.3, 0.4) is 0 Å². The van der Waals surface area contributed by atoms with Gasteiger partial charge in [0.25, 0.3) is 0 Å². The van der Waals surface area contributed by atoms with Crippen molar-refractivity contribution in [2.75, 3.05) is 19.6 Å². The molecule has 1 aliphatic heterocycles. The van der Waals surface area contributed by atoms with Gasteiger partial charge in [-0.25, -0.2) is 9.59 Å². The van der Waals surface area contributed by atoms with Gasteiger partial charge in [-0.2, -0.15) is 0 Å². The molecular weight excluding hydrogens is 360 g/mol. The lowest BCUT2D eigenvalue weighted by Crippen LogP contribution is -2.59. The predicted octanol–water partition coefficient (Wildman–Crippen LogP) is 3.58. The van der Waals surface area contributed by atoms with E-state index in [0.717, 1.165) is 0 Å². The summed E-state index contributed by atoms with van der Waals surface area (Å²) in [4.78, 5) is 28.3. The van der Waals surface area contributed by atoms with Crippen LogP contribution in [0.2, 0.25) is 0 Å². The molecule has 2 unspecified atom stereocenters. The Morgan fingerprint density at radius 3 is 2.04 bits per heavy atom. The van der Waals surface area contributed by atoms with Crippen molar-refractivity contribution in [3.05, 3.63) is 35.9 Å². The van der Waals surface area contributed by atoms with Crippen LogP contribution in [0.25, 0.3) is 0 Å². The fourth-order valence-corrected chi connectivity index (χ4v) is 2.99. The second-order valence-electron chi connectivity index (χ2n) is 9.02. The lowest BCUT2D eigenvalue weighted by molar-refractivity contribution is -0.0401. The summed E-state index contributed by atoms with van der Waals surface area (Å²) in [5.74, 6) is 0. The Morgan fingerprint density at radius 2 is 1.50 bits per heavy atom. The molecular formula is C21H32N2O5. The summed E-state index contributed by atoms with van der Waals surface area (Å²) < 4.78 is 11.0. The number of aliphatic hydroxyl groups is 1. The molecule has 0 aromatic heterocycles. The maximum Gasteiger partial charge on any atom is 0.410 e. The standard InChI is InChI=1S/C21H32N2O5/c1-20(2,3)27-18(25)22-12-13-23(19(26)28-21(4,5)6)16(14-22)17(24)15-10-8-7-9-11-15/h7-11,16-17,24H,12-14H2,1-6H3. The Balaban J connectivity index is 2.24. The highest BCUT2D eigenvalue weighted by molar-refractivity contribution is 5.71. The molecule has 1 heterocycles. The van der Waals surface area contributed by atoms with E-state index in [-0.39, 0.29) is 13.1 Å². The van der Waals surface area contributed by atoms with E-state index in [1.54, 1.807) is 53.7 Å². The number of carbonyl (C=O) groups excluding carboxylic acids is 2.